The quantitative estimate of drug-likeness (QED) is 0.250. The van der Waals surface area contributed by atoms with Crippen LogP contribution in [-0.4, -0.2) is 25.8 Å². The molecule has 0 aliphatic carbocycles. The van der Waals surface area contributed by atoms with Gasteiger partial charge in [0.1, 0.15) is 6.61 Å². The lowest BCUT2D eigenvalue weighted by Crippen LogP contribution is -2.10. The Balaban J connectivity index is 2.65. The van der Waals surface area contributed by atoms with Gasteiger partial charge in [-0.25, -0.2) is 4.79 Å². The third-order valence-corrected chi connectivity index (χ3v) is 1.94. The molecule has 0 atom stereocenters. The molecule has 0 radical (unpaired) electrons. The van der Waals surface area contributed by atoms with Crippen molar-refractivity contribution < 1.29 is 14.3 Å². The van der Waals surface area contributed by atoms with Gasteiger partial charge in [-0.2, -0.15) is 0 Å². The molecule has 1 aromatic carbocycles. The highest BCUT2D eigenvalue weighted by atomic mass is 16.6. The summed E-state index contributed by atoms with van der Waals surface area (Å²) in [6.07, 6.45) is 0. The van der Waals surface area contributed by atoms with E-state index in [2.05, 4.69) is 10.0 Å². The largest absolute Gasteiger partial charge is 0.460 e. The van der Waals surface area contributed by atoms with Crippen molar-refractivity contribution in [2.24, 2.45) is 5.11 Å². The van der Waals surface area contributed by atoms with E-state index in [9.17, 15) is 4.79 Å². The lowest BCUT2D eigenvalue weighted by atomic mass is 10.2. The predicted molar refractivity (Wildman–Crippen MR) is 62.0 cm³/mol. The number of carbonyl (C=O) groups excluding carboxylic acids is 1. The SMILES string of the molecule is CCOCCOC(=O)c1ccccc1N=[N+]=[N-]. The average Bonchev–Trinajstić information content (AvgIpc) is 2.35. The molecule has 6 heteroatoms. The first-order chi connectivity index (χ1) is 8.29. The fraction of sp³-hybridized carbons (Fsp3) is 0.364. The molecule has 0 amide bonds. The Hall–Kier alpha value is -2.04. The van der Waals surface area contributed by atoms with Crippen molar-refractivity contribution >= 4 is 11.7 Å². The van der Waals surface area contributed by atoms with E-state index in [1.807, 2.05) is 6.92 Å². The maximum absolute atomic E-state index is 11.6. The summed E-state index contributed by atoms with van der Waals surface area (Å²) < 4.78 is 10.0. The van der Waals surface area contributed by atoms with Crippen LogP contribution < -0.4 is 0 Å². The van der Waals surface area contributed by atoms with Gasteiger partial charge in [-0.05, 0) is 18.5 Å². The van der Waals surface area contributed by atoms with Crippen molar-refractivity contribution in [2.75, 3.05) is 19.8 Å². The number of benzene rings is 1. The van der Waals surface area contributed by atoms with Gasteiger partial charge in [-0.1, -0.05) is 23.3 Å². The Morgan fingerprint density at radius 2 is 2.18 bits per heavy atom. The van der Waals surface area contributed by atoms with Crippen LogP contribution in [0.5, 0.6) is 0 Å². The first kappa shape index (κ1) is 13.0. The van der Waals surface area contributed by atoms with E-state index in [-0.39, 0.29) is 17.9 Å². The molecule has 0 N–H and O–H groups in total. The lowest BCUT2D eigenvalue weighted by Gasteiger charge is -2.06. The maximum atomic E-state index is 11.6. The van der Waals surface area contributed by atoms with Gasteiger partial charge >= 0.3 is 5.97 Å². The Labute approximate surface area is 98.8 Å². The molecular formula is C11H13N3O3. The van der Waals surface area contributed by atoms with Crippen molar-refractivity contribution in [1.29, 1.82) is 0 Å². The monoisotopic (exact) mass is 235 g/mol. The molecule has 0 heterocycles. The Morgan fingerprint density at radius 1 is 1.41 bits per heavy atom. The Bertz CT molecular complexity index is 428. The van der Waals surface area contributed by atoms with Gasteiger partial charge in [0, 0.05) is 11.5 Å². The maximum Gasteiger partial charge on any atom is 0.338 e. The Kier molecular flexibility index (Phi) is 5.57. The number of carbonyl (C=O) groups is 1. The van der Waals surface area contributed by atoms with Gasteiger partial charge in [0.05, 0.1) is 17.9 Å². The number of hydrogen-bond acceptors (Lipinski definition) is 4. The van der Waals surface area contributed by atoms with Crippen LogP contribution in [0.1, 0.15) is 17.3 Å². The van der Waals surface area contributed by atoms with Crippen molar-refractivity contribution in [2.45, 2.75) is 6.92 Å². The van der Waals surface area contributed by atoms with E-state index in [4.69, 9.17) is 15.0 Å². The Morgan fingerprint density at radius 3 is 2.88 bits per heavy atom. The van der Waals surface area contributed by atoms with Gasteiger partial charge in [0.15, 0.2) is 0 Å². The summed E-state index contributed by atoms with van der Waals surface area (Å²) in [5.41, 5.74) is 8.87. The summed E-state index contributed by atoms with van der Waals surface area (Å²) >= 11 is 0. The molecule has 1 aromatic rings. The van der Waals surface area contributed by atoms with Crippen LogP contribution >= 0.6 is 0 Å². The second kappa shape index (κ2) is 7.27. The summed E-state index contributed by atoms with van der Waals surface area (Å²) in [5.74, 6) is -0.521. The molecule has 0 bridgehead atoms. The van der Waals surface area contributed by atoms with E-state index in [0.29, 0.717) is 13.2 Å². The molecule has 0 aromatic heterocycles. The fourth-order valence-electron chi connectivity index (χ4n) is 1.20. The summed E-state index contributed by atoms with van der Waals surface area (Å²) in [7, 11) is 0. The van der Waals surface area contributed by atoms with Crippen molar-refractivity contribution in [3.05, 3.63) is 40.3 Å². The second-order valence-electron chi connectivity index (χ2n) is 3.04. The van der Waals surface area contributed by atoms with Crippen molar-refractivity contribution in [3.8, 4) is 0 Å². The molecule has 0 unspecified atom stereocenters. The highest BCUT2D eigenvalue weighted by molar-refractivity contribution is 5.94. The number of esters is 1. The molecule has 0 spiro atoms. The van der Waals surface area contributed by atoms with Crippen molar-refractivity contribution in [3.63, 3.8) is 0 Å². The first-order valence-corrected chi connectivity index (χ1v) is 5.18. The molecule has 6 nitrogen and oxygen atoms in total. The van der Waals surface area contributed by atoms with Gasteiger partial charge in [0.25, 0.3) is 0 Å². The third kappa shape index (κ3) is 4.14. The van der Waals surface area contributed by atoms with E-state index in [1.54, 1.807) is 24.3 Å². The van der Waals surface area contributed by atoms with Crippen LogP contribution in [0.3, 0.4) is 0 Å². The van der Waals surface area contributed by atoms with Crippen LogP contribution in [0, 0.1) is 0 Å². The van der Waals surface area contributed by atoms with E-state index >= 15 is 0 Å². The minimum Gasteiger partial charge on any atom is -0.460 e. The van der Waals surface area contributed by atoms with Gasteiger partial charge in [-0.15, -0.1) is 0 Å². The van der Waals surface area contributed by atoms with Crippen LogP contribution in [-0.2, 0) is 9.47 Å². The molecule has 0 aliphatic heterocycles. The highest BCUT2D eigenvalue weighted by Crippen LogP contribution is 2.19. The first-order valence-electron chi connectivity index (χ1n) is 5.18. The fourth-order valence-corrected chi connectivity index (χ4v) is 1.20. The van der Waals surface area contributed by atoms with Gasteiger partial charge in [-0.3, -0.25) is 0 Å². The molecule has 0 aliphatic rings. The normalized spacial score (nSPS) is 9.47. The van der Waals surface area contributed by atoms with Gasteiger partial charge < -0.3 is 9.47 Å². The predicted octanol–water partition coefficient (Wildman–Crippen LogP) is 2.82. The topological polar surface area (TPSA) is 84.3 Å². The minimum absolute atomic E-state index is 0.178. The smallest absolute Gasteiger partial charge is 0.338 e. The molecule has 0 fully saturated rings. The molecule has 1 rings (SSSR count). The van der Waals surface area contributed by atoms with E-state index in [0.717, 1.165) is 0 Å². The number of ether oxygens (including phenoxy) is 2. The van der Waals surface area contributed by atoms with Crippen LogP contribution in [0.4, 0.5) is 5.69 Å². The lowest BCUT2D eigenvalue weighted by molar-refractivity contribution is 0.0336. The highest BCUT2D eigenvalue weighted by Gasteiger charge is 2.10. The van der Waals surface area contributed by atoms with Crippen LogP contribution in [0.15, 0.2) is 29.4 Å². The third-order valence-electron chi connectivity index (χ3n) is 1.94. The van der Waals surface area contributed by atoms with E-state index < -0.39 is 5.97 Å². The summed E-state index contributed by atoms with van der Waals surface area (Å²) in [5, 5.41) is 3.42. The van der Waals surface area contributed by atoms with Crippen LogP contribution in [0.2, 0.25) is 0 Å². The number of rotatable bonds is 6. The molecule has 0 saturated heterocycles. The average molecular weight is 235 g/mol. The summed E-state index contributed by atoms with van der Waals surface area (Å²) in [6, 6.07) is 6.46. The van der Waals surface area contributed by atoms with Crippen molar-refractivity contribution in [1.82, 2.24) is 0 Å². The molecule has 90 valence electrons. The number of azide groups is 1. The summed E-state index contributed by atoms with van der Waals surface area (Å²) in [6.45, 7) is 2.97. The minimum atomic E-state index is -0.521. The second-order valence-corrected chi connectivity index (χ2v) is 3.04. The molecule has 17 heavy (non-hydrogen) atoms. The van der Waals surface area contributed by atoms with Gasteiger partial charge in [0.2, 0.25) is 0 Å². The zero-order valence-corrected chi connectivity index (χ0v) is 9.50. The number of hydrogen-bond donors (Lipinski definition) is 0. The zero-order chi connectivity index (χ0) is 12.5. The molecule has 0 saturated carbocycles. The standard InChI is InChI=1S/C11H13N3O3/c1-2-16-7-8-17-11(15)9-5-3-4-6-10(9)13-14-12/h3-6H,2,7-8H2,1H3. The number of nitrogens with zero attached hydrogens (tertiary/aromatic N) is 3. The van der Waals surface area contributed by atoms with Crippen LogP contribution in [0.25, 0.3) is 10.4 Å². The summed E-state index contributed by atoms with van der Waals surface area (Å²) in [4.78, 5) is 14.3. The van der Waals surface area contributed by atoms with E-state index in [1.165, 1.54) is 0 Å². The zero-order valence-electron chi connectivity index (χ0n) is 9.50. The molecular weight excluding hydrogens is 222 g/mol.